The van der Waals surface area contributed by atoms with E-state index in [4.69, 9.17) is 0 Å². The van der Waals surface area contributed by atoms with E-state index in [2.05, 4.69) is 38.3 Å². The largest absolute Gasteiger partial charge is 0.348 e. The summed E-state index contributed by atoms with van der Waals surface area (Å²) in [6.07, 6.45) is 3.50. The molecule has 1 amide bonds. The van der Waals surface area contributed by atoms with Crippen LogP contribution in [0.5, 0.6) is 0 Å². The van der Waals surface area contributed by atoms with Gasteiger partial charge in [-0.3, -0.25) is 4.79 Å². The molecule has 25 heavy (non-hydrogen) atoms. The average Bonchev–Trinajstić information content (AvgIpc) is 3.10. The van der Waals surface area contributed by atoms with Crippen LogP contribution in [0.4, 0.5) is 17.3 Å². The first kappa shape index (κ1) is 15.4. The van der Waals surface area contributed by atoms with Gasteiger partial charge < -0.3 is 21.0 Å². The molecular weight excluding hydrogens is 318 g/mol. The SMILES string of the molecule is CC1NN(C)C=C1Nc1cc(Nc2ccc3c(c2)CNC3=O)ncn1. The Morgan fingerprint density at radius 2 is 2.00 bits per heavy atom. The van der Waals surface area contributed by atoms with Crippen LogP contribution in [-0.2, 0) is 6.54 Å². The van der Waals surface area contributed by atoms with Gasteiger partial charge in [0.05, 0.1) is 11.7 Å². The number of hydrogen-bond acceptors (Lipinski definition) is 7. The third-order valence-corrected chi connectivity index (χ3v) is 4.20. The second-order valence-corrected chi connectivity index (χ2v) is 6.14. The highest BCUT2D eigenvalue weighted by Crippen LogP contribution is 2.23. The van der Waals surface area contributed by atoms with E-state index in [-0.39, 0.29) is 11.9 Å². The van der Waals surface area contributed by atoms with Gasteiger partial charge in [-0.2, -0.15) is 0 Å². The van der Waals surface area contributed by atoms with Crippen molar-refractivity contribution in [3.05, 3.63) is 53.6 Å². The first-order valence-corrected chi connectivity index (χ1v) is 8.06. The molecule has 2 aliphatic heterocycles. The summed E-state index contributed by atoms with van der Waals surface area (Å²) in [7, 11) is 1.95. The van der Waals surface area contributed by atoms with E-state index in [9.17, 15) is 4.79 Å². The van der Waals surface area contributed by atoms with E-state index in [0.29, 0.717) is 18.2 Å². The summed E-state index contributed by atoms with van der Waals surface area (Å²) in [4.78, 5) is 20.1. The lowest BCUT2D eigenvalue weighted by Gasteiger charge is -2.13. The first-order chi connectivity index (χ1) is 12.1. The fourth-order valence-corrected chi connectivity index (χ4v) is 2.97. The molecule has 0 aliphatic carbocycles. The number of amides is 1. The van der Waals surface area contributed by atoms with Crippen LogP contribution in [0.2, 0.25) is 0 Å². The fraction of sp³-hybridized carbons (Fsp3) is 0.235. The van der Waals surface area contributed by atoms with Crippen LogP contribution in [0.1, 0.15) is 22.8 Å². The Morgan fingerprint density at radius 3 is 2.76 bits per heavy atom. The Balaban J connectivity index is 1.50. The van der Waals surface area contributed by atoms with Crippen LogP contribution in [-0.4, -0.2) is 34.0 Å². The number of nitrogens with zero attached hydrogens (tertiary/aromatic N) is 3. The number of carbonyl (C=O) groups is 1. The smallest absolute Gasteiger partial charge is 0.251 e. The number of nitrogens with one attached hydrogen (secondary N) is 4. The Labute approximate surface area is 145 Å². The molecule has 2 aliphatic rings. The molecule has 3 heterocycles. The number of fused-ring (bicyclic) bond motifs is 1. The van der Waals surface area contributed by atoms with Gasteiger partial charge in [0.2, 0.25) is 0 Å². The molecule has 128 valence electrons. The number of rotatable bonds is 4. The maximum atomic E-state index is 11.6. The van der Waals surface area contributed by atoms with Crippen LogP contribution in [0.15, 0.2) is 42.5 Å². The average molecular weight is 337 g/mol. The van der Waals surface area contributed by atoms with E-state index in [0.717, 1.165) is 22.5 Å². The lowest BCUT2D eigenvalue weighted by atomic mass is 10.1. The Morgan fingerprint density at radius 1 is 1.20 bits per heavy atom. The number of carbonyl (C=O) groups excluding carboxylic acids is 1. The van der Waals surface area contributed by atoms with Gasteiger partial charge >= 0.3 is 0 Å². The zero-order valence-corrected chi connectivity index (χ0v) is 14.0. The molecule has 2 aromatic rings. The first-order valence-electron chi connectivity index (χ1n) is 8.06. The quantitative estimate of drug-likeness (QED) is 0.672. The molecule has 0 spiro atoms. The fourth-order valence-electron chi connectivity index (χ4n) is 2.97. The Hall–Kier alpha value is -3.13. The Kier molecular flexibility index (Phi) is 3.73. The maximum Gasteiger partial charge on any atom is 0.251 e. The molecule has 1 aromatic heterocycles. The zero-order valence-electron chi connectivity index (χ0n) is 14.0. The van der Waals surface area contributed by atoms with Crippen molar-refractivity contribution < 1.29 is 4.79 Å². The van der Waals surface area contributed by atoms with Gasteiger partial charge in [0, 0.05) is 37.1 Å². The van der Waals surface area contributed by atoms with Crippen molar-refractivity contribution in [2.75, 3.05) is 17.7 Å². The number of benzene rings is 1. The van der Waals surface area contributed by atoms with Crippen LogP contribution < -0.4 is 21.4 Å². The topological polar surface area (TPSA) is 94.2 Å². The molecule has 4 N–H and O–H groups in total. The van der Waals surface area contributed by atoms with Gasteiger partial charge in [-0.25, -0.2) is 15.4 Å². The molecular formula is C17H19N7O. The molecule has 0 radical (unpaired) electrons. The highest BCUT2D eigenvalue weighted by atomic mass is 16.1. The summed E-state index contributed by atoms with van der Waals surface area (Å²) in [6, 6.07) is 7.70. The van der Waals surface area contributed by atoms with E-state index < -0.39 is 0 Å². The second kappa shape index (κ2) is 6.06. The van der Waals surface area contributed by atoms with E-state index in [1.165, 1.54) is 6.33 Å². The molecule has 8 nitrogen and oxygen atoms in total. The third kappa shape index (κ3) is 3.11. The number of anilines is 3. The minimum atomic E-state index is -0.0207. The van der Waals surface area contributed by atoms with Crippen molar-refractivity contribution in [1.29, 1.82) is 0 Å². The predicted octanol–water partition coefficient (Wildman–Crippen LogP) is 1.56. The molecule has 0 fully saturated rings. The zero-order chi connectivity index (χ0) is 17.4. The number of aromatic nitrogens is 2. The molecule has 0 saturated carbocycles. The number of hydrogen-bond donors (Lipinski definition) is 4. The Bertz CT molecular complexity index is 864. The monoisotopic (exact) mass is 337 g/mol. The lowest BCUT2D eigenvalue weighted by molar-refractivity contribution is 0.0966. The van der Waals surface area contributed by atoms with Gasteiger partial charge in [-0.1, -0.05) is 0 Å². The van der Waals surface area contributed by atoms with Crippen molar-refractivity contribution in [2.45, 2.75) is 19.5 Å². The maximum absolute atomic E-state index is 11.6. The van der Waals surface area contributed by atoms with Crippen molar-refractivity contribution >= 4 is 23.2 Å². The minimum Gasteiger partial charge on any atom is -0.348 e. The van der Waals surface area contributed by atoms with Crippen molar-refractivity contribution in [2.24, 2.45) is 0 Å². The van der Waals surface area contributed by atoms with Crippen LogP contribution >= 0.6 is 0 Å². The molecule has 1 unspecified atom stereocenters. The van der Waals surface area contributed by atoms with Crippen LogP contribution in [0.25, 0.3) is 0 Å². The summed E-state index contributed by atoms with van der Waals surface area (Å²) in [5, 5.41) is 11.3. The summed E-state index contributed by atoms with van der Waals surface area (Å²) < 4.78 is 0. The second-order valence-electron chi connectivity index (χ2n) is 6.14. The molecule has 1 aromatic carbocycles. The van der Waals surface area contributed by atoms with Gasteiger partial charge in [0.25, 0.3) is 5.91 Å². The van der Waals surface area contributed by atoms with Crippen molar-refractivity contribution in [1.82, 2.24) is 25.7 Å². The summed E-state index contributed by atoms with van der Waals surface area (Å²) >= 11 is 0. The van der Waals surface area contributed by atoms with Crippen molar-refractivity contribution in [3.8, 4) is 0 Å². The van der Waals surface area contributed by atoms with Crippen LogP contribution in [0.3, 0.4) is 0 Å². The summed E-state index contributed by atoms with van der Waals surface area (Å²) in [5.74, 6) is 1.38. The van der Waals surface area contributed by atoms with E-state index >= 15 is 0 Å². The van der Waals surface area contributed by atoms with E-state index in [1.54, 1.807) is 0 Å². The van der Waals surface area contributed by atoms with Crippen LogP contribution in [0, 0.1) is 0 Å². The predicted molar refractivity (Wildman–Crippen MR) is 95.0 cm³/mol. The van der Waals surface area contributed by atoms with Gasteiger partial charge in [0.1, 0.15) is 18.0 Å². The number of hydrazine groups is 1. The van der Waals surface area contributed by atoms with Gasteiger partial charge in [-0.05, 0) is 30.7 Å². The highest BCUT2D eigenvalue weighted by molar-refractivity contribution is 5.98. The molecule has 4 rings (SSSR count). The molecule has 0 bridgehead atoms. The van der Waals surface area contributed by atoms with Gasteiger partial charge in [-0.15, -0.1) is 0 Å². The summed E-state index contributed by atoms with van der Waals surface area (Å²) in [5.41, 5.74) is 6.89. The standard InChI is InChI=1S/C17H19N7O/c1-10-14(8-24(2)23-10)22-16-6-15(19-9-20-16)21-12-3-4-13-11(5-12)7-18-17(13)25/h3-6,8-10,23H,7H2,1-2H3,(H,18,25)(H2,19,20,21,22). The molecule has 1 atom stereocenters. The molecule has 8 heteroatoms. The third-order valence-electron chi connectivity index (χ3n) is 4.20. The lowest BCUT2D eigenvalue weighted by Crippen LogP contribution is -2.32. The van der Waals surface area contributed by atoms with E-state index in [1.807, 2.05) is 42.5 Å². The summed E-state index contributed by atoms with van der Waals surface area (Å²) in [6.45, 7) is 2.63. The minimum absolute atomic E-state index is 0.0207. The normalized spacial score (nSPS) is 18.6. The van der Waals surface area contributed by atoms with Gasteiger partial charge in [0.15, 0.2) is 0 Å². The highest BCUT2D eigenvalue weighted by Gasteiger charge is 2.19. The molecule has 0 saturated heterocycles. The van der Waals surface area contributed by atoms with Crippen molar-refractivity contribution in [3.63, 3.8) is 0 Å².